The van der Waals surface area contributed by atoms with Crippen molar-refractivity contribution in [3.8, 4) is 16.3 Å². The maximum Gasteiger partial charge on any atom is 0.125 e. The number of thiazole rings is 1. The van der Waals surface area contributed by atoms with E-state index < -0.39 is 0 Å². The predicted molar refractivity (Wildman–Crippen MR) is 111 cm³/mol. The monoisotopic (exact) mass is 378 g/mol. The van der Waals surface area contributed by atoms with Gasteiger partial charge >= 0.3 is 0 Å². The summed E-state index contributed by atoms with van der Waals surface area (Å²) >= 11 is 1.67. The minimum absolute atomic E-state index is 0.701. The molecule has 0 spiro atoms. The maximum absolute atomic E-state index is 5.88. The Labute approximate surface area is 164 Å². The molecule has 139 valence electrons. The van der Waals surface area contributed by atoms with E-state index in [-0.39, 0.29) is 0 Å². The topological polar surface area (TPSA) is 47.0 Å². The Morgan fingerprint density at radius 1 is 1.15 bits per heavy atom. The van der Waals surface area contributed by atoms with Crippen molar-refractivity contribution in [3.05, 3.63) is 65.2 Å². The van der Waals surface area contributed by atoms with E-state index in [0.717, 1.165) is 60.1 Å². The Balaban J connectivity index is 1.21. The van der Waals surface area contributed by atoms with Gasteiger partial charge in [0.05, 0.1) is 12.3 Å². The minimum atomic E-state index is 0.701. The molecule has 3 aromatic rings. The number of hydrogen-bond acceptors (Lipinski definition) is 5. The van der Waals surface area contributed by atoms with E-state index in [9.17, 15) is 0 Å². The molecule has 1 aromatic carbocycles. The van der Waals surface area contributed by atoms with Crippen molar-refractivity contribution >= 4 is 17.2 Å². The highest BCUT2D eigenvalue weighted by atomic mass is 32.1. The van der Waals surface area contributed by atoms with Crippen LogP contribution in [0.3, 0.4) is 0 Å². The number of nitrogens with zero attached hydrogens (tertiary/aromatic N) is 2. The first kappa shape index (κ1) is 18.0. The van der Waals surface area contributed by atoms with E-state index in [1.165, 1.54) is 11.1 Å². The van der Waals surface area contributed by atoms with Gasteiger partial charge in [-0.05, 0) is 67.5 Å². The molecule has 0 amide bonds. The van der Waals surface area contributed by atoms with Gasteiger partial charge in [-0.15, -0.1) is 11.3 Å². The van der Waals surface area contributed by atoms with Crippen LogP contribution in [-0.2, 0) is 19.3 Å². The van der Waals surface area contributed by atoms with Gasteiger partial charge in [-0.3, -0.25) is 0 Å². The average Bonchev–Trinajstić information content (AvgIpc) is 3.37. The Kier molecular flexibility index (Phi) is 5.68. The molecule has 4 nitrogen and oxygen atoms in total. The number of pyridine rings is 1. The average molecular weight is 379 g/mol. The van der Waals surface area contributed by atoms with Crippen LogP contribution in [0.2, 0.25) is 0 Å². The number of nitrogens with one attached hydrogen (secondary N) is 1. The van der Waals surface area contributed by atoms with Crippen molar-refractivity contribution < 1.29 is 4.74 Å². The molecule has 1 N–H and O–H groups in total. The lowest BCUT2D eigenvalue weighted by atomic mass is 10.1. The van der Waals surface area contributed by atoms with Crippen LogP contribution in [0.1, 0.15) is 30.2 Å². The van der Waals surface area contributed by atoms with E-state index in [1.807, 2.05) is 12.3 Å². The highest BCUT2D eigenvalue weighted by molar-refractivity contribution is 7.13. The van der Waals surface area contributed by atoms with Gasteiger partial charge < -0.3 is 10.1 Å². The number of anilines is 1. The van der Waals surface area contributed by atoms with E-state index in [1.54, 1.807) is 11.3 Å². The van der Waals surface area contributed by atoms with E-state index in [2.05, 4.69) is 58.3 Å². The Morgan fingerprint density at radius 2 is 2.07 bits per heavy atom. The largest absolute Gasteiger partial charge is 0.494 e. The fraction of sp³-hybridized carbons (Fsp3) is 0.318. The standard InChI is InChI=1S/C22H24N3OS/c1-2-19-15-27-22(25-19)18-8-10-21(24-14-18)23-11-4-12-26-20-9-7-16-5-3-6-17(16)13-20/h3,7-10,13-15H,2,4-6,11-12H2,1H3,(H,23,24). The van der Waals surface area contributed by atoms with E-state index in [0.29, 0.717) is 6.61 Å². The van der Waals surface area contributed by atoms with Gasteiger partial charge in [-0.2, -0.15) is 0 Å². The van der Waals surface area contributed by atoms with Gasteiger partial charge in [0.15, 0.2) is 0 Å². The van der Waals surface area contributed by atoms with Crippen LogP contribution in [0, 0.1) is 6.42 Å². The second-order valence-corrected chi connectivity index (χ2v) is 7.54. The lowest BCUT2D eigenvalue weighted by molar-refractivity contribution is 0.314. The maximum atomic E-state index is 5.88. The zero-order valence-corrected chi connectivity index (χ0v) is 16.4. The normalized spacial score (nSPS) is 12.8. The predicted octanol–water partition coefficient (Wildman–Crippen LogP) is 4.95. The second-order valence-electron chi connectivity index (χ2n) is 6.69. The molecule has 0 atom stereocenters. The lowest BCUT2D eigenvalue weighted by Gasteiger charge is -2.09. The van der Waals surface area contributed by atoms with Crippen molar-refractivity contribution in [2.24, 2.45) is 0 Å². The molecule has 1 aliphatic carbocycles. The molecule has 0 bridgehead atoms. The second kappa shape index (κ2) is 8.53. The molecule has 2 heterocycles. The van der Waals surface area contributed by atoms with Crippen molar-refractivity contribution in [1.29, 1.82) is 0 Å². The fourth-order valence-corrected chi connectivity index (χ4v) is 4.06. The van der Waals surface area contributed by atoms with E-state index >= 15 is 0 Å². The summed E-state index contributed by atoms with van der Waals surface area (Å²) in [5.74, 6) is 1.86. The van der Waals surface area contributed by atoms with Gasteiger partial charge in [0.1, 0.15) is 16.6 Å². The Bertz CT molecular complexity index is 889. The highest BCUT2D eigenvalue weighted by Crippen LogP contribution is 2.26. The molecule has 1 radical (unpaired) electrons. The molecule has 1 aliphatic rings. The van der Waals surface area contributed by atoms with Gasteiger partial charge in [0, 0.05) is 23.7 Å². The molecular formula is C22H24N3OS. The quantitative estimate of drug-likeness (QED) is 0.563. The van der Waals surface area contributed by atoms with Gasteiger partial charge in [-0.25, -0.2) is 9.97 Å². The van der Waals surface area contributed by atoms with Crippen LogP contribution in [-0.4, -0.2) is 23.1 Å². The van der Waals surface area contributed by atoms with Crippen molar-refractivity contribution in [3.63, 3.8) is 0 Å². The summed E-state index contributed by atoms with van der Waals surface area (Å²) in [5.41, 5.74) is 5.05. The van der Waals surface area contributed by atoms with Crippen molar-refractivity contribution in [1.82, 2.24) is 9.97 Å². The first-order chi connectivity index (χ1) is 13.3. The Morgan fingerprint density at radius 3 is 2.89 bits per heavy atom. The molecule has 0 saturated heterocycles. The van der Waals surface area contributed by atoms with Crippen LogP contribution in [0.15, 0.2) is 41.9 Å². The number of fused-ring (bicyclic) bond motifs is 1. The summed E-state index contributed by atoms with van der Waals surface area (Å²) < 4.78 is 5.88. The molecular weight excluding hydrogens is 354 g/mol. The third-order valence-electron chi connectivity index (χ3n) is 4.73. The smallest absolute Gasteiger partial charge is 0.125 e. The molecule has 5 heteroatoms. The van der Waals surface area contributed by atoms with Crippen molar-refractivity contribution in [2.45, 2.75) is 32.6 Å². The molecule has 2 aromatic heterocycles. The summed E-state index contributed by atoms with van der Waals surface area (Å²) in [5, 5.41) is 6.50. The lowest BCUT2D eigenvalue weighted by Crippen LogP contribution is -2.08. The van der Waals surface area contributed by atoms with Crippen LogP contribution in [0.5, 0.6) is 5.75 Å². The first-order valence-electron chi connectivity index (χ1n) is 9.53. The molecule has 4 rings (SSSR count). The summed E-state index contributed by atoms with van der Waals surface area (Å²) in [7, 11) is 0. The van der Waals surface area contributed by atoms with Crippen LogP contribution < -0.4 is 10.1 Å². The molecule has 0 fully saturated rings. The van der Waals surface area contributed by atoms with Crippen LogP contribution in [0.25, 0.3) is 10.6 Å². The van der Waals surface area contributed by atoms with Gasteiger partial charge in [-0.1, -0.05) is 13.0 Å². The third kappa shape index (κ3) is 4.48. The summed E-state index contributed by atoms with van der Waals surface area (Å²) in [6.07, 6.45) is 8.26. The minimum Gasteiger partial charge on any atom is -0.494 e. The summed E-state index contributed by atoms with van der Waals surface area (Å²) in [6.45, 7) is 3.66. The molecule has 0 unspecified atom stereocenters. The number of aromatic nitrogens is 2. The molecule has 0 aliphatic heterocycles. The van der Waals surface area contributed by atoms with E-state index in [4.69, 9.17) is 4.74 Å². The van der Waals surface area contributed by atoms with Crippen molar-refractivity contribution in [2.75, 3.05) is 18.5 Å². The summed E-state index contributed by atoms with van der Waals surface area (Å²) in [6, 6.07) is 10.5. The number of rotatable bonds is 8. The molecule has 27 heavy (non-hydrogen) atoms. The summed E-state index contributed by atoms with van der Waals surface area (Å²) in [4.78, 5) is 9.10. The van der Waals surface area contributed by atoms with Gasteiger partial charge in [0.25, 0.3) is 0 Å². The SMILES string of the molecule is CCc1csc(-c2ccc(NCCCOc3ccc4c(c3)C[CH]C4)nc2)n1. The molecule has 0 saturated carbocycles. The number of aryl methyl sites for hydroxylation is 1. The number of hydrogen-bond donors (Lipinski definition) is 1. The Hall–Kier alpha value is -2.40. The zero-order valence-electron chi connectivity index (χ0n) is 15.6. The first-order valence-corrected chi connectivity index (χ1v) is 10.4. The van der Waals surface area contributed by atoms with Crippen LogP contribution in [0.4, 0.5) is 5.82 Å². The number of benzene rings is 1. The highest BCUT2D eigenvalue weighted by Gasteiger charge is 2.11. The van der Waals surface area contributed by atoms with Gasteiger partial charge in [0.2, 0.25) is 0 Å². The number of ether oxygens (including phenoxy) is 1. The third-order valence-corrected chi connectivity index (χ3v) is 5.67. The fourth-order valence-electron chi connectivity index (χ4n) is 3.17. The van der Waals surface area contributed by atoms with Crippen LogP contribution >= 0.6 is 11.3 Å². The zero-order chi connectivity index (χ0) is 18.5.